The van der Waals surface area contributed by atoms with E-state index in [1.165, 1.54) is 24.5 Å². The third kappa shape index (κ3) is 13.1. The molecule has 0 fully saturated rings. The Kier molecular flexibility index (Phi) is 14.8. The highest BCUT2D eigenvalue weighted by atomic mass is 16.5. The minimum absolute atomic E-state index is 0.106. The lowest BCUT2D eigenvalue weighted by Gasteiger charge is -2.29. The number of amides is 4. The Morgan fingerprint density at radius 1 is 0.841 bits per heavy atom. The minimum atomic E-state index is -0.889. The number of carbonyl (C=O) groups excluding carboxylic acids is 4. The summed E-state index contributed by atoms with van der Waals surface area (Å²) >= 11 is 0. The summed E-state index contributed by atoms with van der Waals surface area (Å²) in [6.45, 7) is 12.6. The molecular formula is C33H51N6O5+. The number of hydrogen-bond donors (Lipinski definition) is 6. The molecule has 0 aliphatic heterocycles. The molecule has 2 aromatic rings. The molecule has 1 aromatic carbocycles. The van der Waals surface area contributed by atoms with E-state index in [9.17, 15) is 24.4 Å². The van der Waals surface area contributed by atoms with Crippen LogP contribution < -0.4 is 31.3 Å². The lowest BCUT2D eigenvalue weighted by Crippen LogP contribution is -2.57. The maximum atomic E-state index is 13.6. The summed E-state index contributed by atoms with van der Waals surface area (Å²) in [5, 5.41) is 24.4. The summed E-state index contributed by atoms with van der Waals surface area (Å²) < 4.78 is 0.826. The van der Waals surface area contributed by atoms with Crippen molar-refractivity contribution in [2.24, 2.45) is 5.41 Å². The average molecular weight is 612 g/mol. The Morgan fingerprint density at radius 3 is 2.07 bits per heavy atom. The van der Waals surface area contributed by atoms with Crippen LogP contribution in [0.1, 0.15) is 83.1 Å². The van der Waals surface area contributed by atoms with Crippen molar-refractivity contribution in [1.29, 1.82) is 0 Å². The van der Waals surface area contributed by atoms with Gasteiger partial charge in [-0.25, -0.2) is 0 Å². The number of hydrogen-bond acceptors (Lipinski definition) is 6. The average Bonchev–Trinajstić information content (AvgIpc) is 2.97. The van der Waals surface area contributed by atoms with Gasteiger partial charge in [-0.3, -0.25) is 24.4 Å². The first-order valence-electron chi connectivity index (χ1n) is 15.5. The number of rotatable bonds is 17. The van der Waals surface area contributed by atoms with Gasteiger partial charge in [0.05, 0.1) is 11.6 Å². The molecule has 0 aliphatic rings. The van der Waals surface area contributed by atoms with Crippen molar-refractivity contribution in [2.75, 3.05) is 13.1 Å². The minimum Gasteiger partial charge on any atom is -0.355 e. The van der Waals surface area contributed by atoms with Crippen molar-refractivity contribution >= 4 is 23.6 Å². The van der Waals surface area contributed by atoms with Gasteiger partial charge in [-0.1, -0.05) is 71.4 Å². The number of benzene rings is 1. The van der Waals surface area contributed by atoms with Crippen LogP contribution in [0.5, 0.6) is 0 Å². The monoisotopic (exact) mass is 611 g/mol. The maximum Gasteiger partial charge on any atom is 0.252 e. The van der Waals surface area contributed by atoms with Crippen molar-refractivity contribution in [2.45, 2.75) is 97.8 Å². The molecule has 4 amide bonds. The second kappa shape index (κ2) is 18.0. The fourth-order valence-corrected chi connectivity index (χ4v) is 4.65. The van der Waals surface area contributed by atoms with Gasteiger partial charge in [0.1, 0.15) is 12.1 Å². The SMILES string of the molecule is CCCNC(=O)[C@H](C)NCC(Cc1ccccc1)NC(=O)[C@H](CCC)NC(=O)C(CC(C)(C)C)NC(=O)c1cc[n+](O)cc1. The third-order valence-electron chi connectivity index (χ3n) is 7.01. The summed E-state index contributed by atoms with van der Waals surface area (Å²) in [5.74, 6) is -1.35. The standard InChI is InChI=1S/C33H50N6O5/c1-7-12-27(37-32(43)28(21-33(4,5)6)38-30(41)25-15-18-39(44)19-16-25)31(42)36-26(20-24-13-10-9-11-14-24)22-35-23(3)29(40)34-17-8-2/h9-11,13-16,18-19,23,26-28,35H,7-8,12,17,20-22H2,1-6H3,(H4-,34,36,37,38,40,41,42,43,44)/p+1/t23-,26?,27-,28?/m0/s1. The number of pyridine rings is 1. The number of nitrogens with one attached hydrogen (secondary N) is 5. The summed E-state index contributed by atoms with van der Waals surface area (Å²) in [6.07, 6.45) is 5.43. The van der Waals surface area contributed by atoms with E-state index in [2.05, 4.69) is 26.6 Å². The fourth-order valence-electron chi connectivity index (χ4n) is 4.65. The predicted octanol–water partition coefficient (Wildman–Crippen LogP) is 2.26. The highest BCUT2D eigenvalue weighted by Gasteiger charge is 2.31. The van der Waals surface area contributed by atoms with Gasteiger partial charge < -0.3 is 26.6 Å². The Hall–Kier alpha value is -3.99. The van der Waals surface area contributed by atoms with Gasteiger partial charge in [0.2, 0.25) is 30.1 Å². The Bertz CT molecular complexity index is 1200. The number of aromatic nitrogens is 1. The zero-order chi connectivity index (χ0) is 32.7. The lowest BCUT2D eigenvalue weighted by molar-refractivity contribution is -0.904. The first-order chi connectivity index (χ1) is 20.8. The van der Waals surface area contributed by atoms with E-state index >= 15 is 0 Å². The van der Waals surface area contributed by atoms with Crippen molar-refractivity contribution in [1.82, 2.24) is 26.6 Å². The summed E-state index contributed by atoms with van der Waals surface area (Å²) in [7, 11) is 0. The normalized spacial score (nSPS) is 14.0. The van der Waals surface area contributed by atoms with Gasteiger partial charge >= 0.3 is 0 Å². The Balaban J connectivity index is 2.18. The first kappa shape index (κ1) is 36.2. The quantitative estimate of drug-likeness (QED) is 0.119. The molecule has 44 heavy (non-hydrogen) atoms. The maximum absolute atomic E-state index is 13.6. The van der Waals surface area contributed by atoms with Crippen LogP contribution in [0.2, 0.25) is 0 Å². The molecule has 1 aromatic heterocycles. The van der Waals surface area contributed by atoms with Crippen LogP contribution in [-0.2, 0) is 20.8 Å². The van der Waals surface area contributed by atoms with Gasteiger partial charge in [-0.2, -0.15) is 0 Å². The summed E-state index contributed by atoms with van der Waals surface area (Å²) in [5.41, 5.74) is 1.02. The second-order valence-corrected chi connectivity index (χ2v) is 12.4. The molecule has 0 bridgehead atoms. The van der Waals surface area contributed by atoms with Crippen LogP contribution in [-0.4, -0.2) is 66.1 Å². The van der Waals surface area contributed by atoms with E-state index < -0.39 is 29.9 Å². The molecule has 11 nitrogen and oxygen atoms in total. The molecule has 6 N–H and O–H groups in total. The topological polar surface area (TPSA) is 153 Å². The second-order valence-electron chi connectivity index (χ2n) is 12.4. The van der Waals surface area contributed by atoms with Crippen LogP contribution in [0.4, 0.5) is 0 Å². The molecule has 2 rings (SSSR count). The highest BCUT2D eigenvalue weighted by molar-refractivity contribution is 5.98. The Morgan fingerprint density at radius 2 is 1.48 bits per heavy atom. The van der Waals surface area contributed by atoms with E-state index in [-0.39, 0.29) is 23.3 Å². The van der Waals surface area contributed by atoms with Crippen molar-refractivity contribution in [3.05, 3.63) is 66.0 Å². The molecule has 0 radical (unpaired) electrons. The smallest absolute Gasteiger partial charge is 0.252 e. The van der Waals surface area contributed by atoms with Crippen LogP contribution in [0, 0.1) is 5.41 Å². The molecule has 0 aliphatic carbocycles. The van der Waals surface area contributed by atoms with Gasteiger partial charge in [0.15, 0.2) is 0 Å². The molecule has 2 unspecified atom stereocenters. The zero-order valence-corrected chi connectivity index (χ0v) is 27.0. The van der Waals surface area contributed by atoms with Gasteiger partial charge in [0.25, 0.3) is 5.91 Å². The van der Waals surface area contributed by atoms with E-state index in [1.54, 1.807) is 6.92 Å². The number of nitrogens with zero attached hydrogens (tertiary/aromatic N) is 1. The predicted molar refractivity (Wildman–Crippen MR) is 169 cm³/mol. The van der Waals surface area contributed by atoms with Crippen LogP contribution in [0.3, 0.4) is 0 Å². The molecule has 1 heterocycles. The molecule has 4 atom stereocenters. The molecule has 242 valence electrons. The van der Waals surface area contributed by atoms with E-state index in [4.69, 9.17) is 0 Å². The zero-order valence-electron chi connectivity index (χ0n) is 27.0. The van der Waals surface area contributed by atoms with Gasteiger partial charge in [-0.15, -0.1) is 0 Å². The Labute approximate surface area is 261 Å². The molecule has 0 spiro atoms. The number of carbonyl (C=O) groups is 4. The van der Waals surface area contributed by atoms with Crippen molar-refractivity contribution < 1.29 is 29.1 Å². The van der Waals surface area contributed by atoms with E-state index in [1.807, 2.05) is 65.0 Å². The summed E-state index contributed by atoms with van der Waals surface area (Å²) in [6, 6.07) is 10.1. The fraction of sp³-hybridized carbons (Fsp3) is 0.545. The van der Waals surface area contributed by atoms with E-state index in [0.29, 0.717) is 44.3 Å². The highest BCUT2D eigenvalue weighted by Crippen LogP contribution is 2.21. The summed E-state index contributed by atoms with van der Waals surface area (Å²) in [4.78, 5) is 52.6. The molecule has 11 heteroatoms. The molecular weight excluding hydrogens is 560 g/mol. The largest absolute Gasteiger partial charge is 0.355 e. The molecule has 0 saturated carbocycles. The van der Waals surface area contributed by atoms with Crippen LogP contribution in [0.25, 0.3) is 0 Å². The first-order valence-corrected chi connectivity index (χ1v) is 15.5. The third-order valence-corrected chi connectivity index (χ3v) is 7.01. The van der Waals surface area contributed by atoms with E-state index in [0.717, 1.165) is 16.7 Å². The molecule has 0 saturated heterocycles. The van der Waals surface area contributed by atoms with Crippen LogP contribution >= 0.6 is 0 Å². The van der Waals surface area contributed by atoms with Gasteiger partial charge in [0, 0.05) is 36.0 Å². The van der Waals surface area contributed by atoms with Crippen molar-refractivity contribution in [3.8, 4) is 0 Å². The van der Waals surface area contributed by atoms with Crippen molar-refractivity contribution in [3.63, 3.8) is 0 Å². The van der Waals surface area contributed by atoms with Gasteiger partial charge in [-0.05, 0) is 43.6 Å². The lowest BCUT2D eigenvalue weighted by atomic mass is 9.87. The van der Waals surface area contributed by atoms with Crippen LogP contribution in [0.15, 0.2) is 54.9 Å².